The maximum Gasteiger partial charge on any atom is 0.408 e. The lowest BCUT2D eigenvalue weighted by Gasteiger charge is -2.61. The molecule has 0 bridgehead atoms. The molecule has 56 heavy (non-hydrogen) atoms. The van der Waals surface area contributed by atoms with Crippen molar-refractivity contribution in [2.45, 2.75) is 155 Å². The Bertz CT molecular complexity index is 1530. The number of rotatable bonds is 13. The number of likely N-dealkylation sites (tertiary alicyclic amines) is 1. The zero-order valence-corrected chi connectivity index (χ0v) is 35.8. The Morgan fingerprint density at radius 3 is 2.50 bits per heavy atom. The van der Waals surface area contributed by atoms with E-state index in [-0.39, 0.29) is 30.8 Å². The van der Waals surface area contributed by atoms with E-state index in [0.717, 1.165) is 30.1 Å². The fourth-order valence-electron chi connectivity index (χ4n) is 12.5. The van der Waals surface area contributed by atoms with E-state index in [9.17, 15) is 19.2 Å². The van der Waals surface area contributed by atoms with E-state index in [1.54, 1.807) is 27.0 Å². The SMILES string of the molecule is C[C@H](CCC(=O)N[C@H]1C[C@@H](C(=O)NCCN(C)C)N(C(=O)C(Cc2c[nH]cn2)NC(=O)OC(C)(C)C)C1)[C@H]1CCC2C3CCC4CCCC[C@]4(C)C3CC[C@@]21C. The first-order valence-electron chi connectivity index (χ1n) is 22.0. The topological polar surface area (TPSA) is 149 Å². The highest BCUT2D eigenvalue weighted by molar-refractivity contribution is 5.92. The van der Waals surface area contributed by atoms with E-state index in [0.29, 0.717) is 54.3 Å². The van der Waals surface area contributed by atoms with Gasteiger partial charge in [-0.25, -0.2) is 9.78 Å². The molecule has 5 aliphatic rings. The molecule has 0 spiro atoms. The molecule has 1 aromatic rings. The molecule has 6 rings (SSSR count). The molecule has 11 atom stereocenters. The largest absolute Gasteiger partial charge is 0.444 e. The van der Waals surface area contributed by atoms with Crippen molar-refractivity contribution in [1.82, 2.24) is 35.7 Å². The lowest BCUT2D eigenvalue weighted by Crippen LogP contribution is -2.55. The number of hydrogen-bond acceptors (Lipinski definition) is 7. The van der Waals surface area contributed by atoms with Crippen LogP contribution >= 0.6 is 0 Å². The van der Waals surface area contributed by atoms with Gasteiger partial charge in [0, 0.05) is 44.7 Å². The van der Waals surface area contributed by atoms with Gasteiger partial charge in [0.2, 0.25) is 17.7 Å². The molecule has 0 aromatic carbocycles. The first-order chi connectivity index (χ1) is 26.5. The fraction of sp³-hybridized carbons (Fsp3) is 0.841. The van der Waals surface area contributed by atoms with E-state index < -0.39 is 29.7 Å². The van der Waals surface area contributed by atoms with Gasteiger partial charge < -0.3 is 35.5 Å². The fourth-order valence-corrected chi connectivity index (χ4v) is 12.5. The Labute approximate surface area is 336 Å². The van der Waals surface area contributed by atoms with Crippen molar-refractivity contribution in [3.63, 3.8) is 0 Å². The third-order valence-electron chi connectivity index (χ3n) is 15.2. The molecule has 1 saturated heterocycles. The smallest absolute Gasteiger partial charge is 0.408 e. The monoisotopic (exact) mass is 780 g/mol. The van der Waals surface area contributed by atoms with E-state index >= 15 is 0 Å². The Kier molecular flexibility index (Phi) is 13.2. The number of carbonyl (C=O) groups excluding carboxylic acids is 4. The summed E-state index contributed by atoms with van der Waals surface area (Å²) in [6, 6.07) is -2.21. The van der Waals surface area contributed by atoms with E-state index in [2.05, 4.69) is 46.7 Å². The molecule has 1 aliphatic heterocycles. The van der Waals surface area contributed by atoms with Crippen LogP contribution in [0.15, 0.2) is 12.5 Å². The number of amides is 4. The van der Waals surface area contributed by atoms with E-state index in [4.69, 9.17) is 4.74 Å². The number of likely N-dealkylation sites (N-methyl/N-ethyl adjacent to an activating group) is 1. The highest BCUT2D eigenvalue weighted by atomic mass is 16.6. The van der Waals surface area contributed by atoms with Crippen LogP contribution in [0.5, 0.6) is 0 Å². The third kappa shape index (κ3) is 9.42. The van der Waals surface area contributed by atoms with Crippen molar-refractivity contribution < 1.29 is 23.9 Å². The Hall–Kier alpha value is -3.15. The number of nitrogens with one attached hydrogen (secondary N) is 4. The number of nitrogens with zero attached hydrogens (tertiary/aromatic N) is 3. The lowest BCUT2D eigenvalue weighted by atomic mass is 9.44. The number of fused-ring (bicyclic) bond motifs is 5. The highest BCUT2D eigenvalue weighted by Gasteiger charge is 2.60. The average Bonchev–Trinajstić information content (AvgIpc) is 3.88. The highest BCUT2D eigenvalue weighted by Crippen LogP contribution is 2.68. The number of ether oxygens (including phenoxy) is 1. The van der Waals surface area contributed by atoms with Crippen LogP contribution in [0.3, 0.4) is 0 Å². The van der Waals surface area contributed by atoms with Crippen LogP contribution in [-0.2, 0) is 25.5 Å². The second kappa shape index (κ2) is 17.4. The molecular formula is C44H73N7O5. The minimum atomic E-state index is -1.02. The summed E-state index contributed by atoms with van der Waals surface area (Å²) in [5, 5.41) is 8.93. The molecule has 4 aliphatic carbocycles. The van der Waals surface area contributed by atoms with E-state index in [1.165, 1.54) is 75.4 Å². The van der Waals surface area contributed by atoms with Crippen LogP contribution in [0.4, 0.5) is 4.79 Å². The van der Waals surface area contributed by atoms with Gasteiger partial charge in [0.1, 0.15) is 17.7 Å². The molecule has 5 unspecified atom stereocenters. The molecule has 12 nitrogen and oxygen atoms in total. The molecular weight excluding hydrogens is 707 g/mol. The molecule has 314 valence electrons. The zero-order valence-electron chi connectivity index (χ0n) is 35.8. The van der Waals surface area contributed by atoms with Gasteiger partial charge in [-0.3, -0.25) is 14.4 Å². The van der Waals surface area contributed by atoms with Crippen molar-refractivity contribution in [3.05, 3.63) is 18.2 Å². The Morgan fingerprint density at radius 2 is 1.79 bits per heavy atom. The summed E-state index contributed by atoms with van der Waals surface area (Å²) in [7, 11) is 3.87. The molecule has 2 heterocycles. The summed E-state index contributed by atoms with van der Waals surface area (Å²) >= 11 is 0. The number of H-pyrrole nitrogens is 1. The second-order valence-corrected chi connectivity index (χ2v) is 20.2. The van der Waals surface area contributed by atoms with Gasteiger partial charge in [-0.15, -0.1) is 0 Å². The maximum absolute atomic E-state index is 14.3. The van der Waals surface area contributed by atoms with Crippen molar-refractivity contribution in [2.24, 2.45) is 46.3 Å². The van der Waals surface area contributed by atoms with Crippen LogP contribution in [0.25, 0.3) is 0 Å². The summed E-state index contributed by atoms with van der Waals surface area (Å²) in [6.45, 7) is 14.2. The number of aromatic amines is 1. The number of aromatic nitrogens is 2. The number of alkyl carbamates (subject to hydrolysis) is 1. The van der Waals surface area contributed by atoms with Gasteiger partial charge >= 0.3 is 6.09 Å². The van der Waals surface area contributed by atoms with Gasteiger partial charge in [0.15, 0.2) is 0 Å². The maximum atomic E-state index is 14.3. The van der Waals surface area contributed by atoms with Crippen LogP contribution in [0.2, 0.25) is 0 Å². The lowest BCUT2D eigenvalue weighted by molar-refractivity contribution is -0.140. The minimum Gasteiger partial charge on any atom is -0.444 e. The summed E-state index contributed by atoms with van der Waals surface area (Å²) < 4.78 is 5.50. The molecule has 4 saturated carbocycles. The van der Waals surface area contributed by atoms with Crippen LogP contribution < -0.4 is 16.0 Å². The van der Waals surface area contributed by atoms with Gasteiger partial charge in [0.05, 0.1) is 12.0 Å². The third-order valence-corrected chi connectivity index (χ3v) is 15.2. The van der Waals surface area contributed by atoms with Gasteiger partial charge in [-0.1, -0.05) is 33.6 Å². The van der Waals surface area contributed by atoms with Crippen molar-refractivity contribution in [2.75, 3.05) is 33.7 Å². The van der Waals surface area contributed by atoms with E-state index in [1.807, 2.05) is 19.0 Å². The first kappa shape index (κ1) is 42.5. The molecule has 1 aromatic heterocycles. The molecule has 0 radical (unpaired) electrons. The quantitative estimate of drug-likeness (QED) is 0.190. The minimum absolute atomic E-state index is 0.0326. The number of hydrogen-bond donors (Lipinski definition) is 4. The molecule has 12 heteroatoms. The van der Waals surface area contributed by atoms with Crippen molar-refractivity contribution in [1.29, 1.82) is 0 Å². The van der Waals surface area contributed by atoms with Gasteiger partial charge in [-0.05, 0) is 145 Å². The molecule has 5 fully saturated rings. The summed E-state index contributed by atoms with van der Waals surface area (Å²) in [4.78, 5) is 65.2. The molecule has 4 amide bonds. The Morgan fingerprint density at radius 1 is 1.02 bits per heavy atom. The van der Waals surface area contributed by atoms with Crippen LogP contribution in [0, 0.1) is 46.3 Å². The van der Waals surface area contributed by atoms with Crippen LogP contribution in [0.1, 0.15) is 131 Å². The summed E-state index contributed by atoms with van der Waals surface area (Å²) in [6.07, 6.45) is 18.0. The molecule has 4 N–H and O–H groups in total. The van der Waals surface area contributed by atoms with Crippen LogP contribution in [-0.4, -0.2) is 101 Å². The zero-order chi connectivity index (χ0) is 40.4. The van der Waals surface area contributed by atoms with Crippen molar-refractivity contribution >= 4 is 23.8 Å². The number of carbonyl (C=O) groups is 4. The predicted octanol–water partition coefficient (Wildman–Crippen LogP) is 6.07. The van der Waals surface area contributed by atoms with Gasteiger partial charge in [0.25, 0.3) is 0 Å². The predicted molar refractivity (Wildman–Crippen MR) is 217 cm³/mol. The first-order valence-corrected chi connectivity index (χ1v) is 22.0. The van der Waals surface area contributed by atoms with Gasteiger partial charge in [-0.2, -0.15) is 0 Å². The standard InChI is InChI=1S/C44H73N7O5/c1-28(33-15-16-34-32-14-13-29-11-9-10-19-43(29,5)35(32)18-20-44(33,34)6)12-17-38(52)48-31-24-37(39(53)46-21-22-50(7)8)51(26-31)40(54)36(23-30-25-45-27-47-30)49-41(55)56-42(2,3)4/h25,27-29,31-37H,9-24,26H2,1-8H3,(H,45,47)(H,46,53)(H,48,52)(H,49,55)/t28-,29?,31+,32?,33-,34?,35?,36?,37+,43+,44-/m1/s1. The second-order valence-electron chi connectivity index (χ2n) is 20.2. The summed E-state index contributed by atoms with van der Waals surface area (Å²) in [5.74, 6) is 3.88. The number of imidazole rings is 1. The normalized spacial score (nSPS) is 33.8. The summed E-state index contributed by atoms with van der Waals surface area (Å²) in [5.41, 5.74) is 0.730. The van der Waals surface area contributed by atoms with Crippen molar-refractivity contribution in [3.8, 4) is 0 Å². The average molecular weight is 780 g/mol. The Balaban J connectivity index is 1.08.